The quantitative estimate of drug-likeness (QED) is 0.0295. The molecule has 0 bridgehead atoms. The number of anilines is 8. The number of nitrogens with one attached hydrogen (secondary N) is 8. The maximum absolute atomic E-state index is 9.75. The van der Waals surface area contributed by atoms with Gasteiger partial charge in [-0.2, -0.15) is 21.0 Å². The van der Waals surface area contributed by atoms with Crippen molar-refractivity contribution >= 4 is 140 Å². The minimum atomic E-state index is -6.00. The fourth-order valence-corrected chi connectivity index (χ4v) is 42.5. The first-order valence-electron chi connectivity index (χ1n) is 45.2. The van der Waals surface area contributed by atoms with E-state index in [1.165, 1.54) is 27.7 Å². The van der Waals surface area contributed by atoms with E-state index in [0.717, 1.165) is 46.5 Å². The van der Waals surface area contributed by atoms with Crippen LogP contribution in [0.4, 0.5) is 116 Å². The minimum absolute atomic E-state index is 0. The molecule has 4 radical (unpaired) electrons. The summed E-state index contributed by atoms with van der Waals surface area (Å²) in [7, 11) is -30.9. The molecular weight excluding hydrogens is 2160 g/mol. The van der Waals surface area contributed by atoms with E-state index in [9.17, 15) is 69.1 Å². The van der Waals surface area contributed by atoms with Gasteiger partial charge in [-0.05, 0) is 381 Å². The van der Waals surface area contributed by atoms with E-state index in [1.54, 1.807) is 24.3 Å². The van der Waals surface area contributed by atoms with Crippen molar-refractivity contribution < 1.29 is 136 Å². The first kappa shape index (κ1) is 163. The van der Waals surface area contributed by atoms with E-state index < -0.39 is 93.6 Å². The molecule has 0 aliphatic heterocycles. The molecule has 0 saturated heterocycles. The van der Waals surface area contributed by atoms with Gasteiger partial charge in [0.25, 0.3) is 0 Å². The van der Waals surface area contributed by atoms with Crippen molar-refractivity contribution in [2.24, 2.45) is 0 Å². The zero-order valence-electron chi connectivity index (χ0n) is 94.2. The van der Waals surface area contributed by atoms with Crippen molar-refractivity contribution in [1.82, 2.24) is 19.9 Å². The second-order valence-electron chi connectivity index (χ2n) is 48.5. The maximum atomic E-state index is 9.75. The van der Waals surface area contributed by atoms with Crippen LogP contribution in [-0.2, 0) is 67.1 Å². The molecule has 0 amide bonds. The molecule has 0 aromatic carbocycles. The topological polar surface area (TPSA) is 243 Å². The van der Waals surface area contributed by atoms with Crippen molar-refractivity contribution in [3.05, 3.63) is 72.8 Å². The van der Waals surface area contributed by atoms with Crippen LogP contribution >= 0.6 is 64.6 Å². The summed E-state index contributed by atoms with van der Waals surface area (Å²) in [6.45, 7) is 118. The van der Waals surface area contributed by atoms with Gasteiger partial charge in [-0.1, -0.05) is 24.3 Å². The molecule has 0 unspecified atom stereocenters. The molecule has 4 aromatic heterocycles. The van der Waals surface area contributed by atoms with Gasteiger partial charge in [-0.15, -0.1) is 0 Å². The van der Waals surface area contributed by atoms with Gasteiger partial charge in [0.2, 0.25) is 0 Å². The van der Waals surface area contributed by atoms with Crippen LogP contribution < -0.4 is 40.7 Å². The minimum Gasteiger partial charge on any atom is -0.418 e. The third kappa shape index (κ3) is 89.6. The van der Waals surface area contributed by atoms with E-state index in [0.29, 0.717) is 0 Å². The molecule has 0 atom stereocenters. The predicted molar refractivity (Wildman–Crippen MR) is 594 cm³/mol. The molecule has 828 valence electrons. The van der Waals surface area contributed by atoms with Crippen LogP contribution in [0, 0.1) is 45.3 Å². The molecule has 0 aliphatic rings. The van der Waals surface area contributed by atoms with Crippen molar-refractivity contribution in [2.45, 2.75) is 443 Å². The normalized spacial score (nSPS) is 12.4. The zero-order chi connectivity index (χ0) is 111. The summed E-state index contributed by atoms with van der Waals surface area (Å²) >= 11 is 0. The summed E-state index contributed by atoms with van der Waals surface area (Å²) in [5, 5.41) is 63.8. The van der Waals surface area contributed by atoms with Crippen molar-refractivity contribution in [2.75, 3.05) is 40.7 Å². The number of rotatable bonds is 16. The van der Waals surface area contributed by atoms with E-state index in [2.05, 4.69) is 446 Å². The van der Waals surface area contributed by atoms with Crippen LogP contribution in [0.3, 0.4) is 0 Å². The predicted octanol–water partition coefficient (Wildman–Crippen LogP) is 36.7. The Hall–Kier alpha value is -2.43. The summed E-state index contributed by atoms with van der Waals surface area (Å²) in [4.78, 5) is 19.7. The average molecular weight is 2350 g/mol. The van der Waals surface area contributed by atoms with Gasteiger partial charge in [0.05, 0.1) is 107 Å². The molecule has 0 fully saturated rings. The molecule has 4 heterocycles. The van der Waals surface area contributed by atoms with Crippen LogP contribution in [0.2, 0.25) is 0 Å². The Morgan fingerprint density at radius 3 is 0.271 bits per heavy atom. The molecule has 0 aliphatic carbocycles. The van der Waals surface area contributed by atoms with Gasteiger partial charge in [0.15, 0.2) is 46.5 Å². The monoisotopic (exact) mass is 2350 g/mol. The first-order valence-corrected chi connectivity index (χ1v) is 57.2. The Morgan fingerprint density at radius 2 is 0.229 bits per heavy atom. The summed E-state index contributed by atoms with van der Waals surface area (Å²) in [6.07, 6.45) is 0. The van der Waals surface area contributed by atoms with Crippen LogP contribution in [0.5, 0.6) is 0 Å². The van der Waals surface area contributed by atoms with Gasteiger partial charge < -0.3 is 69.1 Å². The van der Waals surface area contributed by atoms with Gasteiger partial charge in [-0.3, -0.25) is 0 Å². The van der Waals surface area contributed by atoms with Gasteiger partial charge in [0.1, 0.15) is 64.6 Å². The summed E-state index contributed by atoms with van der Waals surface area (Å²) in [6, 6.07) is 32.3. The smallest absolute Gasteiger partial charge is 0.418 e. The summed E-state index contributed by atoms with van der Waals surface area (Å²) in [5.74, 6) is 7.98. The van der Waals surface area contributed by atoms with Crippen molar-refractivity contribution in [3.8, 4) is 24.3 Å². The fraction of sp³-hybridized carbons (Fsp3) is 0.739. The largest absolute Gasteiger partial charge is 0.673 e. The van der Waals surface area contributed by atoms with Crippen LogP contribution in [0.1, 0.15) is 360 Å². The van der Waals surface area contributed by atoms with Crippen LogP contribution in [-0.4, -0.2) is 131 Å². The standard InChI is InChI=1S/4C21H41N3P2.4C2H3N.4BF4.4Co/c4*1-18(2,3)25(19(4,5)6)23-16-14-13-15-17(22-16)24-26(20(7,8)9)21(10,11)12;4*1-2-3;4*2-1(3,4)5;;;;/h4*13-15H,1-12H3,(H2,22,23,24);4*1H3;;;;;;;;/q;;;;;;;;4*-1;;;;/p+8. The van der Waals surface area contributed by atoms with Crippen molar-refractivity contribution in [1.29, 1.82) is 21.0 Å². The second-order valence-corrected chi connectivity index (χ2v) is 80.5. The molecule has 0 saturated carbocycles. The molecule has 4 aromatic rings. The molecular formula is C92H184B4Co4F16N16P8+4. The van der Waals surface area contributed by atoms with Crippen molar-refractivity contribution in [3.63, 3.8) is 0 Å². The molecule has 4 rings (SSSR count). The number of halogens is 16. The van der Waals surface area contributed by atoms with Crippen LogP contribution in [0.25, 0.3) is 0 Å². The summed E-state index contributed by atoms with van der Waals surface area (Å²) in [5.41, 5.74) is 0. The van der Waals surface area contributed by atoms with Gasteiger partial charge >= 0.3 is 29.0 Å². The second kappa shape index (κ2) is 67.0. The number of aromatic nitrogens is 4. The number of pyridine rings is 4. The molecule has 48 heteroatoms. The van der Waals surface area contributed by atoms with E-state index in [-0.39, 0.29) is 150 Å². The van der Waals surface area contributed by atoms with Crippen LogP contribution in [0.15, 0.2) is 72.8 Å². The number of hydrogen-bond donors (Lipinski definition) is 8. The SMILES string of the molecule is CC#N.CC#N.CC#N.CC#N.CC(C)(C)[PH+](Nc1cccc(N[PH+](C(C)(C)C)C(C)(C)C)n1)C(C)(C)C.CC(C)(C)[PH+](Nc1cccc(N[PH+](C(C)(C)C)C(C)(C)C)n1)C(C)(C)C.CC(C)(C)[PH+](Nc1cccc(N[PH+](C(C)(C)C)C(C)(C)C)n1)C(C)(C)C.CC(C)(C)[PH+](Nc1cccc(N[PH+](C(C)(C)C)C(C)(C)C)n1)C(C)(C)C.F[B-](F)(F)F.F[B-](F)(F)F.F[B-](F)(F)F.F[B-](F)(F)F.[Co].[Co].[Co].[Co]. The third-order valence-corrected chi connectivity index (χ3v) is 45.1. The number of nitrogens with zero attached hydrogens (tertiary/aromatic N) is 8. The molecule has 140 heavy (non-hydrogen) atoms. The van der Waals surface area contributed by atoms with Gasteiger partial charge in [-0.25, -0.2) is 60.6 Å². The Kier molecular flexibility index (Phi) is 77.9. The number of hydrogen-bond acceptors (Lipinski definition) is 16. The zero-order valence-corrected chi connectivity index (χ0v) is 106. The fourth-order valence-electron chi connectivity index (χ4n) is 15.3. The Labute approximate surface area is 891 Å². The van der Waals surface area contributed by atoms with E-state index in [4.69, 9.17) is 41.0 Å². The maximum Gasteiger partial charge on any atom is 0.673 e. The average Bonchev–Trinajstić information content (AvgIpc) is 0.833. The van der Waals surface area contributed by atoms with E-state index >= 15 is 0 Å². The number of nitriles is 4. The van der Waals surface area contributed by atoms with E-state index in [1.807, 2.05) is 0 Å². The third-order valence-electron chi connectivity index (χ3n) is 17.0. The molecule has 16 nitrogen and oxygen atoms in total. The Morgan fingerprint density at radius 1 is 0.179 bits per heavy atom. The Balaban J connectivity index is -0.000000139. The Bertz CT molecular complexity index is 3310. The summed E-state index contributed by atoms with van der Waals surface area (Å²) < 4.78 is 156. The molecule has 0 spiro atoms. The first-order chi connectivity index (χ1) is 59.3. The molecule has 8 N–H and O–H groups in total. The van der Waals surface area contributed by atoms with Gasteiger partial charge in [0, 0.05) is 94.8 Å².